The lowest BCUT2D eigenvalue weighted by atomic mass is 10.2. The van der Waals surface area contributed by atoms with Crippen molar-refractivity contribution in [1.82, 2.24) is 14.9 Å². The fourth-order valence-electron chi connectivity index (χ4n) is 2.20. The Morgan fingerprint density at radius 3 is 2.77 bits per heavy atom. The minimum absolute atomic E-state index is 0.114. The second-order valence-electron chi connectivity index (χ2n) is 5.25. The monoisotopic (exact) mass is 368 g/mol. The molecule has 3 aromatic rings. The van der Waals surface area contributed by atoms with Crippen molar-refractivity contribution in [3.05, 3.63) is 81.0 Å². The van der Waals surface area contributed by atoms with Gasteiger partial charge in [-0.2, -0.15) is 14.9 Å². The summed E-state index contributed by atoms with van der Waals surface area (Å²) in [6.45, 7) is 0.410. The third kappa shape index (κ3) is 4.22. The van der Waals surface area contributed by atoms with Crippen LogP contribution in [0, 0.1) is 4.77 Å². The highest BCUT2D eigenvalue weighted by molar-refractivity contribution is 7.71. The number of ether oxygens (including phenoxy) is 2. The second kappa shape index (κ2) is 8.21. The highest BCUT2D eigenvalue weighted by Gasteiger charge is 2.06. The zero-order valence-corrected chi connectivity index (χ0v) is 14.8. The smallest absolute Gasteiger partial charge is 0.293 e. The van der Waals surface area contributed by atoms with Crippen LogP contribution in [0.3, 0.4) is 0 Å². The molecule has 0 saturated heterocycles. The molecule has 8 heteroatoms. The highest BCUT2D eigenvalue weighted by Crippen LogP contribution is 2.28. The molecule has 1 N–H and O–H groups in total. The summed E-state index contributed by atoms with van der Waals surface area (Å²) in [6.07, 6.45) is 2.62. The van der Waals surface area contributed by atoms with Crippen LogP contribution in [0.25, 0.3) is 0 Å². The van der Waals surface area contributed by atoms with Crippen molar-refractivity contribution in [2.75, 3.05) is 7.11 Å². The first-order valence-corrected chi connectivity index (χ1v) is 8.14. The quantitative estimate of drug-likeness (QED) is 0.534. The molecule has 0 aliphatic heterocycles. The van der Waals surface area contributed by atoms with Gasteiger partial charge >= 0.3 is 0 Å². The van der Waals surface area contributed by atoms with Gasteiger partial charge in [0.05, 0.1) is 13.3 Å². The molecular formula is C18H16N4O3S. The molecule has 0 saturated carbocycles. The maximum absolute atomic E-state index is 11.7. The molecule has 132 valence electrons. The van der Waals surface area contributed by atoms with Gasteiger partial charge in [-0.1, -0.05) is 30.3 Å². The van der Waals surface area contributed by atoms with Gasteiger partial charge in [0.25, 0.3) is 5.56 Å². The lowest BCUT2D eigenvalue weighted by Gasteiger charge is -2.11. The topological polar surface area (TPSA) is 81.5 Å². The molecule has 0 aliphatic rings. The van der Waals surface area contributed by atoms with Gasteiger partial charge in [0.2, 0.25) is 4.77 Å². The Bertz CT molecular complexity index is 1000. The Kier molecular flexibility index (Phi) is 5.55. The third-order valence-electron chi connectivity index (χ3n) is 3.48. The first kappa shape index (κ1) is 17.6. The Balaban J connectivity index is 1.84. The van der Waals surface area contributed by atoms with Gasteiger partial charge in [0.15, 0.2) is 11.5 Å². The molecule has 0 amide bonds. The van der Waals surface area contributed by atoms with Gasteiger partial charge in [0, 0.05) is 0 Å². The van der Waals surface area contributed by atoms with Gasteiger partial charge in [-0.25, -0.2) is 0 Å². The largest absolute Gasteiger partial charge is 0.493 e. The summed E-state index contributed by atoms with van der Waals surface area (Å²) < 4.78 is 12.4. The van der Waals surface area contributed by atoms with Crippen molar-refractivity contribution in [3.63, 3.8) is 0 Å². The number of aromatic nitrogens is 3. The van der Waals surface area contributed by atoms with Crippen molar-refractivity contribution in [2.24, 2.45) is 5.10 Å². The number of benzene rings is 2. The van der Waals surface area contributed by atoms with E-state index >= 15 is 0 Å². The van der Waals surface area contributed by atoms with Crippen LogP contribution in [-0.2, 0) is 6.61 Å². The van der Waals surface area contributed by atoms with E-state index in [-0.39, 0.29) is 4.77 Å². The molecule has 0 atom stereocenters. The van der Waals surface area contributed by atoms with E-state index in [1.54, 1.807) is 25.3 Å². The number of rotatable bonds is 6. The van der Waals surface area contributed by atoms with Gasteiger partial charge in [-0.05, 0) is 41.5 Å². The fraction of sp³-hybridized carbons (Fsp3) is 0.111. The van der Waals surface area contributed by atoms with E-state index in [2.05, 4.69) is 15.3 Å². The molecule has 0 unspecified atom stereocenters. The van der Waals surface area contributed by atoms with Crippen molar-refractivity contribution in [1.29, 1.82) is 0 Å². The van der Waals surface area contributed by atoms with Crippen LogP contribution >= 0.6 is 12.2 Å². The van der Waals surface area contributed by atoms with Gasteiger partial charge in [0.1, 0.15) is 12.8 Å². The summed E-state index contributed by atoms with van der Waals surface area (Å²) in [5.41, 5.74) is 1.36. The molecule has 3 rings (SSSR count). The number of H-pyrrole nitrogens is 1. The Morgan fingerprint density at radius 1 is 1.23 bits per heavy atom. The molecule has 1 heterocycles. The number of nitrogens with one attached hydrogen (secondary N) is 1. The summed E-state index contributed by atoms with van der Waals surface area (Å²) in [7, 11) is 1.58. The predicted molar refractivity (Wildman–Crippen MR) is 100 cm³/mol. The molecular weight excluding hydrogens is 352 g/mol. The molecule has 0 radical (unpaired) electrons. The minimum Gasteiger partial charge on any atom is -0.493 e. The summed E-state index contributed by atoms with van der Waals surface area (Å²) in [4.78, 5) is 11.7. The first-order valence-electron chi connectivity index (χ1n) is 7.73. The Hall–Kier alpha value is -3.26. The zero-order chi connectivity index (χ0) is 18.4. The molecule has 0 bridgehead atoms. The maximum atomic E-state index is 11.7. The predicted octanol–water partition coefficient (Wildman–Crippen LogP) is 2.77. The summed E-state index contributed by atoms with van der Waals surface area (Å²) in [6, 6.07) is 15.2. The Morgan fingerprint density at radius 2 is 2.04 bits per heavy atom. The second-order valence-corrected chi connectivity index (χ2v) is 5.64. The van der Waals surface area contributed by atoms with Crippen LogP contribution in [0.1, 0.15) is 11.1 Å². The van der Waals surface area contributed by atoms with E-state index < -0.39 is 5.56 Å². The van der Waals surface area contributed by atoms with Gasteiger partial charge in [-0.3, -0.25) is 9.89 Å². The standard InChI is InChI=1S/C18H16N4O3S/c1-24-15-8-7-14(10-20-22-17(23)11-19-21-18(22)26)9-16(15)25-12-13-5-3-2-4-6-13/h2-11H,12H2,1H3,(H,21,26)/b20-10+. The van der Waals surface area contributed by atoms with Crippen LogP contribution in [0.5, 0.6) is 11.5 Å². The minimum atomic E-state index is -0.418. The number of hydrogen-bond acceptors (Lipinski definition) is 6. The number of nitrogens with zero attached hydrogens (tertiary/aromatic N) is 3. The average molecular weight is 368 g/mol. The van der Waals surface area contributed by atoms with Crippen molar-refractivity contribution in [3.8, 4) is 11.5 Å². The van der Waals surface area contributed by atoms with Crippen molar-refractivity contribution in [2.45, 2.75) is 6.61 Å². The number of hydrogen-bond donors (Lipinski definition) is 1. The lowest BCUT2D eigenvalue weighted by Crippen LogP contribution is -2.18. The molecule has 1 aromatic heterocycles. The van der Waals surface area contributed by atoms with E-state index in [1.165, 1.54) is 6.21 Å². The van der Waals surface area contributed by atoms with Crippen molar-refractivity contribution < 1.29 is 9.47 Å². The van der Waals surface area contributed by atoms with Crippen LogP contribution in [-0.4, -0.2) is 28.2 Å². The van der Waals surface area contributed by atoms with Gasteiger partial charge < -0.3 is 9.47 Å². The van der Waals surface area contributed by atoms with E-state index in [0.717, 1.165) is 22.0 Å². The lowest BCUT2D eigenvalue weighted by molar-refractivity contribution is 0.284. The normalized spacial score (nSPS) is 10.8. The van der Waals surface area contributed by atoms with E-state index in [9.17, 15) is 4.79 Å². The molecule has 0 spiro atoms. The zero-order valence-electron chi connectivity index (χ0n) is 14.0. The Labute approximate surface area is 154 Å². The molecule has 2 aromatic carbocycles. The maximum Gasteiger partial charge on any atom is 0.293 e. The highest BCUT2D eigenvalue weighted by atomic mass is 32.1. The van der Waals surface area contributed by atoms with Gasteiger partial charge in [-0.15, -0.1) is 0 Å². The summed E-state index contributed by atoms with van der Waals surface area (Å²) in [5, 5.41) is 10.2. The fourth-order valence-corrected chi connectivity index (χ4v) is 2.39. The van der Waals surface area contributed by atoms with Crippen LogP contribution < -0.4 is 15.0 Å². The van der Waals surface area contributed by atoms with Crippen LogP contribution in [0.2, 0.25) is 0 Å². The van der Waals surface area contributed by atoms with Crippen molar-refractivity contribution >= 4 is 18.4 Å². The van der Waals surface area contributed by atoms with E-state index in [4.69, 9.17) is 21.7 Å². The van der Waals surface area contributed by atoms with Crippen LogP contribution in [0.15, 0.2) is 64.6 Å². The number of aromatic amines is 1. The molecule has 26 heavy (non-hydrogen) atoms. The SMILES string of the molecule is COc1ccc(/C=N/n2c(=O)cn[nH]c2=S)cc1OCc1ccccc1. The summed E-state index contributed by atoms with van der Waals surface area (Å²) >= 11 is 5.00. The number of methoxy groups -OCH3 is 1. The molecule has 0 aliphatic carbocycles. The average Bonchev–Trinajstić information content (AvgIpc) is 2.67. The molecule has 7 nitrogen and oxygen atoms in total. The van der Waals surface area contributed by atoms with E-state index in [1.807, 2.05) is 30.3 Å². The van der Waals surface area contributed by atoms with Crippen LogP contribution in [0.4, 0.5) is 0 Å². The molecule has 0 fully saturated rings. The summed E-state index contributed by atoms with van der Waals surface area (Å²) in [5.74, 6) is 1.18. The van der Waals surface area contributed by atoms with E-state index in [0.29, 0.717) is 18.1 Å². The third-order valence-corrected chi connectivity index (χ3v) is 3.75. The first-order chi connectivity index (χ1) is 12.7.